The third-order valence-electron chi connectivity index (χ3n) is 2.53. The fraction of sp³-hybridized carbons (Fsp3) is 0.0714. The summed E-state index contributed by atoms with van der Waals surface area (Å²) in [6.07, 6.45) is 0. The molecule has 0 saturated carbocycles. The van der Waals surface area contributed by atoms with Crippen LogP contribution in [-0.2, 0) is 0 Å². The van der Waals surface area contributed by atoms with Gasteiger partial charge in [0.2, 0.25) is 0 Å². The number of carbonyl (C=O) groups excluding carboxylic acids is 1. The van der Waals surface area contributed by atoms with Gasteiger partial charge in [-0.05, 0) is 52.9 Å². The first kappa shape index (κ1) is 14.1. The SMILES string of the molecule is COc1ccccc1C(=O)Nc1ccc(I)cc1Cl. The molecule has 0 saturated heterocycles. The Bertz CT molecular complexity index is 616. The van der Waals surface area contributed by atoms with Gasteiger partial charge < -0.3 is 10.1 Å². The van der Waals surface area contributed by atoms with Gasteiger partial charge in [0.15, 0.2) is 0 Å². The average Bonchev–Trinajstić information content (AvgIpc) is 2.41. The van der Waals surface area contributed by atoms with Gasteiger partial charge in [0, 0.05) is 3.57 Å². The highest BCUT2D eigenvalue weighted by atomic mass is 127. The molecule has 0 heterocycles. The maximum Gasteiger partial charge on any atom is 0.259 e. The normalized spacial score (nSPS) is 10.1. The van der Waals surface area contributed by atoms with E-state index in [1.54, 1.807) is 30.3 Å². The lowest BCUT2D eigenvalue weighted by molar-refractivity contribution is 0.102. The van der Waals surface area contributed by atoms with E-state index in [4.69, 9.17) is 16.3 Å². The van der Waals surface area contributed by atoms with E-state index in [0.29, 0.717) is 22.0 Å². The number of ether oxygens (including phenoxy) is 1. The standard InChI is InChI=1S/C14H11ClINO2/c1-19-13-5-3-2-4-10(13)14(18)17-12-7-6-9(16)8-11(12)15/h2-8H,1H3,(H,17,18). The van der Waals surface area contributed by atoms with Crippen molar-refractivity contribution < 1.29 is 9.53 Å². The van der Waals surface area contributed by atoms with Gasteiger partial charge in [-0.1, -0.05) is 23.7 Å². The van der Waals surface area contributed by atoms with E-state index in [1.165, 1.54) is 7.11 Å². The Hall–Kier alpha value is -1.27. The number of para-hydroxylation sites is 1. The number of nitrogens with one attached hydrogen (secondary N) is 1. The van der Waals surface area contributed by atoms with Crippen molar-refractivity contribution in [3.8, 4) is 5.75 Å². The summed E-state index contributed by atoms with van der Waals surface area (Å²) in [5.41, 5.74) is 1.05. The molecule has 1 amide bonds. The van der Waals surface area contributed by atoms with Crippen molar-refractivity contribution in [3.63, 3.8) is 0 Å². The molecular weight excluding hydrogens is 377 g/mol. The van der Waals surface area contributed by atoms with Crippen molar-refractivity contribution in [1.29, 1.82) is 0 Å². The number of hydrogen-bond acceptors (Lipinski definition) is 2. The molecule has 0 aliphatic rings. The van der Waals surface area contributed by atoms with Gasteiger partial charge in [-0.2, -0.15) is 0 Å². The first-order valence-electron chi connectivity index (χ1n) is 5.51. The average molecular weight is 388 g/mol. The van der Waals surface area contributed by atoms with Crippen molar-refractivity contribution in [3.05, 3.63) is 56.6 Å². The fourth-order valence-corrected chi connectivity index (χ4v) is 2.52. The molecule has 0 spiro atoms. The van der Waals surface area contributed by atoms with Gasteiger partial charge in [-0.15, -0.1) is 0 Å². The van der Waals surface area contributed by atoms with E-state index < -0.39 is 0 Å². The molecular formula is C14H11ClINO2. The fourth-order valence-electron chi connectivity index (χ4n) is 1.61. The summed E-state index contributed by atoms with van der Waals surface area (Å²) >= 11 is 8.25. The number of halogens is 2. The number of methoxy groups -OCH3 is 1. The smallest absolute Gasteiger partial charge is 0.259 e. The lowest BCUT2D eigenvalue weighted by atomic mass is 10.2. The first-order valence-corrected chi connectivity index (χ1v) is 6.97. The van der Waals surface area contributed by atoms with Gasteiger partial charge >= 0.3 is 0 Å². The van der Waals surface area contributed by atoms with Crippen LogP contribution in [0.25, 0.3) is 0 Å². The predicted molar refractivity (Wildman–Crippen MR) is 85.1 cm³/mol. The van der Waals surface area contributed by atoms with Crippen LogP contribution in [0.1, 0.15) is 10.4 Å². The maximum absolute atomic E-state index is 12.2. The second kappa shape index (κ2) is 6.25. The second-order valence-electron chi connectivity index (χ2n) is 3.78. The largest absolute Gasteiger partial charge is 0.496 e. The Balaban J connectivity index is 2.26. The molecule has 19 heavy (non-hydrogen) atoms. The number of carbonyl (C=O) groups is 1. The summed E-state index contributed by atoms with van der Waals surface area (Å²) in [5, 5.41) is 3.28. The topological polar surface area (TPSA) is 38.3 Å². The van der Waals surface area contributed by atoms with Gasteiger partial charge in [-0.3, -0.25) is 4.79 Å². The third kappa shape index (κ3) is 3.39. The van der Waals surface area contributed by atoms with E-state index in [1.807, 2.05) is 12.1 Å². The number of benzene rings is 2. The minimum absolute atomic E-state index is 0.249. The predicted octanol–water partition coefficient (Wildman–Crippen LogP) is 4.21. The van der Waals surface area contributed by atoms with Crippen LogP contribution in [0.4, 0.5) is 5.69 Å². The Morgan fingerprint density at radius 3 is 2.68 bits per heavy atom. The van der Waals surface area contributed by atoms with Gasteiger partial charge in [0.25, 0.3) is 5.91 Å². The molecule has 0 aliphatic carbocycles. The maximum atomic E-state index is 12.2. The summed E-state index contributed by atoms with van der Waals surface area (Å²) < 4.78 is 6.17. The summed E-state index contributed by atoms with van der Waals surface area (Å²) in [4.78, 5) is 12.2. The molecule has 0 bridgehead atoms. The van der Waals surface area contributed by atoms with Crippen molar-refractivity contribution in [2.75, 3.05) is 12.4 Å². The van der Waals surface area contributed by atoms with E-state index in [0.717, 1.165) is 3.57 Å². The van der Waals surface area contributed by atoms with E-state index in [9.17, 15) is 4.79 Å². The Morgan fingerprint density at radius 1 is 1.26 bits per heavy atom. The number of amides is 1. The molecule has 98 valence electrons. The molecule has 0 aliphatic heterocycles. The van der Waals surface area contributed by atoms with E-state index in [2.05, 4.69) is 27.9 Å². The molecule has 5 heteroatoms. The molecule has 0 radical (unpaired) electrons. The summed E-state index contributed by atoms with van der Waals surface area (Å²) in [5.74, 6) is 0.280. The minimum Gasteiger partial charge on any atom is -0.496 e. The molecule has 1 N–H and O–H groups in total. The van der Waals surface area contributed by atoms with Gasteiger partial charge in [0.05, 0.1) is 23.4 Å². The quantitative estimate of drug-likeness (QED) is 0.802. The lowest BCUT2D eigenvalue weighted by Gasteiger charge is -2.10. The molecule has 0 aromatic heterocycles. The number of anilines is 1. The Labute approximate surface area is 130 Å². The zero-order chi connectivity index (χ0) is 13.8. The van der Waals surface area contributed by atoms with Crippen LogP contribution in [0, 0.1) is 3.57 Å². The van der Waals surface area contributed by atoms with Crippen molar-refractivity contribution in [2.24, 2.45) is 0 Å². The third-order valence-corrected chi connectivity index (χ3v) is 3.51. The summed E-state index contributed by atoms with van der Waals surface area (Å²) in [7, 11) is 1.53. The van der Waals surface area contributed by atoms with Crippen LogP contribution < -0.4 is 10.1 Å². The van der Waals surface area contributed by atoms with Crippen LogP contribution in [0.5, 0.6) is 5.75 Å². The van der Waals surface area contributed by atoms with Crippen molar-refractivity contribution >= 4 is 45.8 Å². The molecule has 0 fully saturated rings. The molecule has 2 rings (SSSR count). The zero-order valence-electron chi connectivity index (χ0n) is 10.1. The first-order chi connectivity index (χ1) is 9.11. The van der Waals surface area contributed by atoms with Crippen LogP contribution in [0.2, 0.25) is 5.02 Å². The Morgan fingerprint density at radius 2 is 2.00 bits per heavy atom. The van der Waals surface area contributed by atoms with Gasteiger partial charge in [-0.25, -0.2) is 0 Å². The molecule has 0 unspecified atom stereocenters. The van der Waals surface area contributed by atoms with Crippen molar-refractivity contribution in [1.82, 2.24) is 0 Å². The van der Waals surface area contributed by atoms with Crippen LogP contribution in [0.15, 0.2) is 42.5 Å². The highest BCUT2D eigenvalue weighted by Gasteiger charge is 2.12. The molecule has 0 atom stereocenters. The number of rotatable bonds is 3. The van der Waals surface area contributed by atoms with Crippen LogP contribution in [0.3, 0.4) is 0 Å². The lowest BCUT2D eigenvalue weighted by Crippen LogP contribution is -2.13. The monoisotopic (exact) mass is 387 g/mol. The molecule has 2 aromatic carbocycles. The van der Waals surface area contributed by atoms with Crippen molar-refractivity contribution in [2.45, 2.75) is 0 Å². The summed E-state index contributed by atoms with van der Waals surface area (Å²) in [6, 6.07) is 12.5. The number of hydrogen-bond donors (Lipinski definition) is 1. The van der Waals surface area contributed by atoms with E-state index >= 15 is 0 Å². The van der Waals surface area contributed by atoms with E-state index in [-0.39, 0.29) is 5.91 Å². The Kier molecular flexibility index (Phi) is 4.66. The molecule has 2 aromatic rings. The summed E-state index contributed by atoms with van der Waals surface area (Å²) in [6.45, 7) is 0. The zero-order valence-corrected chi connectivity index (χ0v) is 13.0. The van der Waals surface area contributed by atoms with Crippen LogP contribution >= 0.6 is 34.2 Å². The van der Waals surface area contributed by atoms with Gasteiger partial charge in [0.1, 0.15) is 5.75 Å². The highest BCUT2D eigenvalue weighted by molar-refractivity contribution is 14.1. The van der Waals surface area contributed by atoms with Crippen LogP contribution in [-0.4, -0.2) is 13.0 Å². The second-order valence-corrected chi connectivity index (χ2v) is 5.43. The highest BCUT2D eigenvalue weighted by Crippen LogP contribution is 2.25. The minimum atomic E-state index is -0.249. The molecule has 3 nitrogen and oxygen atoms in total.